The summed E-state index contributed by atoms with van der Waals surface area (Å²) < 4.78 is 2.12. The van der Waals surface area contributed by atoms with Crippen molar-refractivity contribution >= 4 is 23.2 Å². The topological polar surface area (TPSA) is 46.4 Å². The van der Waals surface area contributed by atoms with Crippen LogP contribution in [-0.2, 0) is 24.2 Å². The van der Waals surface area contributed by atoms with Crippen LogP contribution in [-0.4, -0.2) is 15.3 Å². The summed E-state index contributed by atoms with van der Waals surface area (Å²) in [7, 11) is 0. The number of rotatable bonds is 3. The van der Waals surface area contributed by atoms with Crippen molar-refractivity contribution in [3.8, 4) is 0 Å². The van der Waals surface area contributed by atoms with E-state index in [2.05, 4.69) is 35.0 Å². The maximum atomic E-state index is 12.6. The number of nitrogens with one attached hydrogen (secondary N) is 1. The molecule has 4 nitrogen and oxygen atoms in total. The number of imidazole rings is 1. The molecule has 0 radical (unpaired) electrons. The standard InChI is InChI=1S/C20H20ClN3O/c1-13-8-9-24-18-11-14(6-7-17(18)23-19(24)10-13)20(25)22-12-15-4-2-3-5-16(15)21/h2-5,8-10,14H,6-7,11-12H2,1H3,(H,22,25). The zero-order chi connectivity index (χ0) is 17.4. The number of pyridine rings is 1. The number of fused-ring (bicyclic) bond motifs is 3. The number of benzene rings is 1. The SMILES string of the molecule is Cc1ccn2c3c(nc2c1)CCC(C(=O)NCc1ccccc1Cl)C3. The summed E-state index contributed by atoms with van der Waals surface area (Å²) >= 11 is 6.16. The second-order valence-corrected chi connectivity index (χ2v) is 7.09. The molecule has 1 unspecified atom stereocenters. The second kappa shape index (κ2) is 6.52. The lowest BCUT2D eigenvalue weighted by molar-refractivity contribution is -0.125. The molecule has 25 heavy (non-hydrogen) atoms. The Morgan fingerprint density at radius 1 is 1.36 bits per heavy atom. The van der Waals surface area contributed by atoms with Gasteiger partial charge in [0.15, 0.2) is 0 Å². The van der Waals surface area contributed by atoms with Gasteiger partial charge in [0.1, 0.15) is 5.65 Å². The minimum atomic E-state index is -0.0174. The maximum Gasteiger partial charge on any atom is 0.223 e. The smallest absolute Gasteiger partial charge is 0.223 e. The molecular weight excluding hydrogens is 334 g/mol. The highest BCUT2D eigenvalue weighted by Crippen LogP contribution is 2.27. The van der Waals surface area contributed by atoms with Gasteiger partial charge in [0.25, 0.3) is 0 Å². The number of halogens is 1. The van der Waals surface area contributed by atoms with E-state index in [-0.39, 0.29) is 11.8 Å². The number of carbonyl (C=O) groups excluding carboxylic acids is 1. The minimum Gasteiger partial charge on any atom is -0.352 e. The van der Waals surface area contributed by atoms with Crippen LogP contribution in [0.25, 0.3) is 5.65 Å². The summed E-state index contributed by atoms with van der Waals surface area (Å²) in [5.41, 5.74) is 5.41. The third-order valence-corrected chi connectivity index (χ3v) is 5.28. The number of aromatic nitrogens is 2. The Morgan fingerprint density at radius 3 is 3.04 bits per heavy atom. The number of hydrogen-bond acceptors (Lipinski definition) is 2. The first-order valence-electron chi connectivity index (χ1n) is 8.59. The molecule has 1 aromatic carbocycles. The lowest BCUT2D eigenvalue weighted by atomic mass is 9.89. The van der Waals surface area contributed by atoms with E-state index < -0.39 is 0 Å². The molecule has 2 heterocycles. The van der Waals surface area contributed by atoms with E-state index in [1.165, 1.54) is 11.3 Å². The first kappa shape index (κ1) is 16.2. The zero-order valence-electron chi connectivity index (χ0n) is 14.1. The lowest BCUT2D eigenvalue weighted by Crippen LogP contribution is -2.34. The van der Waals surface area contributed by atoms with Crippen molar-refractivity contribution in [1.82, 2.24) is 14.7 Å². The minimum absolute atomic E-state index is 0.0174. The van der Waals surface area contributed by atoms with Gasteiger partial charge < -0.3 is 9.72 Å². The van der Waals surface area contributed by atoms with Gasteiger partial charge in [-0.2, -0.15) is 0 Å². The Labute approximate surface area is 151 Å². The molecule has 0 aliphatic heterocycles. The van der Waals surface area contributed by atoms with Gasteiger partial charge in [-0.05, 0) is 49.1 Å². The summed E-state index contributed by atoms with van der Waals surface area (Å²) in [6, 6.07) is 11.8. The molecule has 1 aliphatic rings. The number of hydrogen-bond donors (Lipinski definition) is 1. The fourth-order valence-corrected chi connectivity index (χ4v) is 3.70. The highest BCUT2D eigenvalue weighted by atomic mass is 35.5. The van der Waals surface area contributed by atoms with Crippen LogP contribution in [0.15, 0.2) is 42.6 Å². The van der Waals surface area contributed by atoms with Crippen LogP contribution >= 0.6 is 11.6 Å². The van der Waals surface area contributed by atoms with Crippen molar-refractivity contribution in [3.63, 3.8) is 0 Å². The van der Waals surface area contributed by atoms with Crippen LogP contribution < -0.4 is 5.32 Å². The van der Waals surface area contributed by atoms with E-state index in [1.54, 1.807) is 0 Å². The summed E-state index contributed by atoms with van der Waals surface area (Å²) in [5, 5.41) is 3.72. The molecule has 2 aromatic heterocycles. The highest BCUT2D eigenvalue weighted by Gasteiger charge is 2.28. The van der Waals surface area contributed by atoms with Gasteiger partial charge in [0.05, 0.1) is 5.69 Å². The normalized spacial score (nSPS) is 16.6. The molecule has 1 atom stereocenters. The summed E-state index contributed by atoms with van der Waals surface area (Å²) in [4.78, 5) is 17.3. The van der Waals surface area contributed by atoms with Crippen molar-refractivity contribution < 1.29 is 4.79 Å². The second-order valence-electron chi connectivity index (χ2n) is 6.69. The van der Waals surface area contributed by atoms with E-state index in [0.717, 1.165) is 36.2 Å². The fraction of sp³-hybridized carbons (Fsp3) is 0.300. The van der Waals surface area contributed by atoms with Crippen LogP contribution in [0.5, 0.6) is 0 Å². The van der Waals surface area contributed by atoms with E-state index in [4.69, 9.17) is 16.6 Å². The van der Waals surface area contributed by atoms with E-state index in [0.29, 0.717) is 11.6 Å². The molecule has 1 N–H and O–H groups in total. The molecule has 0 fully saturated rings. The molecule has 3 aromatic rings. The van der Waals surface area contributed by atoms with Gasteiger partial charge in [-0.25, -0.2) is 4.98 Å². The largest absolute Gasteiger partial charge is 0.352 e. The molecule has 5 heteroatoms. The Balaban J connectivity index is 1.49. The average Bonchev–Trinajstić information content (AvgIpc) is 2.97. The quantitative estimate of drug-likeness (QED) is 0.780. The van der Waals surface area contributed by atoms with Crippen molar-refractivity contribution in [2.24, 2.45) is 5.92 Å². The predicted molar refractivity (Wildman–Crippen MR) is 98.7 cm³/mol. The fourth-order valence-electron chi connectivity index (χ4n) is 3.50. The van der Waals surface area contributed by atoms with Gasteiger partial charge in [-0.15, -0.1) is 0 Å². The first-order chi connectivity index (χ1) is 12.1. The average molecular weight is 354 g/mol. The van der Waals surface area contributed by atoms with Crippen molar-refractivity contribution in [2.75, 3.05) is 0 Å². The van der Waals surface area contributed by atoms with Crippen molar-refractivity contribution in [2.45, 2.75) is 32.7 Å². The van der Waals surface area contributed by atoms with Gasteiger partial charge >= 0.3 is 0 Å². The Bertz CT molecular complexity index is 947. The van der Waals surface area contributed by atoms with Crippen LogP contribution in [0, 0.1) is 12.8 Å². The molecule has 1 amide bonds. The molecule has 128 valence electrons. The van der Waals surface area contributed by atoms with E-state index in [9.17, 15) is 4.79 Å². The Hall–Kier alpha value is -2.33. The van der Waals surface area contributed by atoms with Gasteiger partial charge in [-0.3, -0.25) is 4.79 Å². The number of amides is 1. The van der Waals surface area contributed by atoms with E-state index >= 15 is 0 Å². The van der Waals surface area contributed by atoms with Crippen molar-refractivity contribution in [1.29, 1.82) is 0 Å². The van der Waals surface area contributed by atoms with Gasteiger partial charge in [0.2, 0.25) is 5.91 Å². The zero-order valence-corrected chi connectivity index (χ0v) is 14.9. The highest BCUT2D eigenvalue weighted by molar-refractivity contribution is 6.31. The van der Waals surface area contributed by atoms with Gasteiger partial charge in [0, 0.05) is 35.8 Å². The monoisotopic (exact) mass is 353 g/mol. The van der Waals surface area contributed by atoms with Crippen LogP contribution in [0.3, 0.4) is 0 Å². The number of aryl methyl sites for hydroxylation is 2. The van der Waals surface area contributed by atoms with Crippen molar-refractivity contribution in [3.05, 3.63) is 70.1 Å². The third-order valence-electron chi connectivity index (χ3n) is 4.91. The molecule has 0 saturated heterocycles. The predicted octanol–water partition coefficient (Wildman–Crippen LogP) is 3.72. The molecular formula is C20H20ClN3O. The maximum absolute atomic E-state index is 12.6. The van der Waals surface area contributed by atoms with Crippen LogP contribution in [0.4, 0.5) is 0 Å². The first-order valence-corrected chi connectivity index (χ1v) is 8.97. The summed E-state index contributed by atoms with van der Waals surface area (Å²) in [5.74, 6) is 0.0730. The third kappa shape index (κ3) is 3.14. The molecule has 1 aliphatic carbocycles. The summed E-state index contributed by atoms with van der Waals surface area (Å²) in [6.45, 7) is 2.53. The number of carbonyl (C=O) groups is 1. The van der Waals surface area contributed by atoms with Crippen LogP contribution in [0.2, 0.25) is 5.02 Å². The number of nitrogens with zero attached hydrogens (tertiary/aromatic N) is 2. The van der Waals surface area contributed by atoms with E-state index in [1.807, 2.05) is 24.3 Å². The van der Waals surface area contributed by atoms with Gasteiger partial charge in [-0.1, -0.05) is 29.8 Å². The van der Waals surface area contributed by atoms with Crippen LogP contribution in [0.1, 0.15) is 28.9 Å². The molecule has 4 rings (SSSR count). The lowest BCUT2D eigenvalue weighted by Gasteiger charge is -2.21. The molecule has 0 spiro atoms. The molecule has 0 bridgehead atoms. The molecule has 0 saturated carbocycles. The summed E-state index contributed by atoms with van der Waals surface area (Å²) in [6.07, 6.45) is 4.47. The Kier molecular flexibility index (Phi) is 4.22. The Morgan fingerprint density at radius 2 is 2.20 bits per heavy atom.